The smallest absolute Gasteiger partial charge is 0.303 e. The molecule has 2 aromatic rings. The molecular formula is C21H25NO4. The Morgan fingerprint density at radius 1 is 0.885 bits per heavy atom. The fourth-order valence-corrected chi connectivity index (χ4v) is 2.88. The highest BCUT2D eigenvalue weighted by atomic mass is 16.4. The third-order valence-electron chi connectivity index (χ3n) is 4.13. The van der Waals surface area contributed by atoms with E-state index in [0.717, 1.165) is 11.1 Å². The van der Waals surface area contributed by atoms with Crippen LogP contribution in [-0.2, 0) is 22.4 Å². The summed E-state index contributed by atoms with van der Waals surface area (Å²) in [5.74, 6) is -1.15. The van der Waals surface area contributed by atoms with Crippen LogP contribution in [0.4, 0.5) is 0 Å². The van der Waals surface area contributed by atoms with Crippen LogP contribution in [-0.4, -0.2) is 34.2 Å². The monoisotopic (exact) mass is 355 g/mol. The molecule has 1 amide bonds. The van der Waals surface area contributed by atoms with E-state index in [9.17, 15) is 14.7 Å². The summed E-state index contributed by atoms with van der Waals surface area (Å²) in [4.78, 5) is 23.1. The number of hydrogen-bond donors (Lipinski definition) is 3. The van der Waals surface area contributed by atoms with Crippen molar-refractivity contribution in [3.8, 4) is 0 Å². The van der Waals surface area contributed by atoms with Gasteiger partial charge in [-0.2, -0.15) is 0 Å². The molecular weight excluding hydrogens is 330 g/mol. The lowest BCUT2D eigenvalue weighted by Crippen LogP contribution is -2.38. The molecule has 0 radical (unpaired) electrons. The zero-order chi connectivity index (χ0) is 18.8. The van der Waals surface area contributed by atoms with E-state index in [1.807, 2.05) is 60.7 Å². The first-order valence-corrected chi connectivity index (χ1v) is 8.80. The number of nitrogens with one attached hydrogen (secondary N) is 1. The van der Waals surface area contributed by atoms with Crippen molar-refractivity contribution in [1.82, 2.24) is 5.32 Å². The molecule has 0 spiro atoms. The first kappa shape index (κ1) is 19.7. The fourth-order valence-electron chi connectivity index (χ4n) is 2.88. The van der Waals surface area contributed by atoms with Crippen molar-refractivity contribution in [3.05, 3.63) is 71.8 Å². The predicted octanol–water partition coefficient (Wildman–Crippen LogP) is 2.57. The number of rotatable bonds is 10. The van der Waals surface area contributed by atoms with Gasteiger partial charge in [0.05, 0.1) is 12.5 Å². The Kier molecular flexibility index (Phi) is 7.83. The lowest BCUT2D eigenvalue weighted by Gasteiger charge is -2.19. The number of benzene rings is 2. The van der Waals surface area contributed by atoms with Gasteiger partial charge < -0.3 is 15.5 Å². The molecule has 0 aromatic heterocycles. The summed E-state index contributed by atoms with van der Waals surface area (Å²) in [6.07, 6.45) is 0.540. The molecule has 2 aromatic carbocycles. The molecule has 0 heterocycles. The minimum absolute atomic E-state index is 0.00669. The minimum Gasteiger partial charge on any atom is -0.481 e. The quantitative estimate of drug-likeness (QED) is 0.611. The van der Waals surface area contributed by atoms with Crippen LogP contribution in [0.1, 0.15) is 30.4 Å². The van der Waals surface area contributed by atoms with Gasteiger partial charge in [0.1, 0.15) is 0 Å². The van der Waals surface area contributed by atoms with Crippen LogP contribution < -0.4 is 5.32 Å². The first-order valence-electron chi connectivity index (χ1n) is 8.80. The van der Waals surface area contributed by atoms with Gasteiger partial charge in [-0.3, -0.25) is 9.59 Å². The Bertz CT molecular complexity index is 688. The summed E-state index contributed by atoms with van der Waals surface area (Å²) >= 11 is 0. The van der Waals surface area contributed by atoms with Crippen molar-refractivity contribution in [2.24, 2.45) is 0 Å². The third-order valence-corrected chi connectivity index (χ3v) is 4.13. The van der Waals surface area contributed by atoms with E-state index in [1.54, 1.807) is 0 Å². The van der Waals surface area contributed by atoms with E-state index in [0.29, 0.717) is 19.3 Å². The molecule has 2 unspecified atom stereocenters. The van der Waals surface area contributed by atoms with E-state index in [1.165, 1.54) is 0 Å². The zero-order valence-electron chi connectivity index (χ0n) is 14.7. The van der Waals surface area contributed by atoms with Crippen molar-refractivity contribution in [2.75, 3.05) is 0 Å². The average Bonchev–Trinajstić information content (AvgIpc) is 2.61. The van der Waals surface area contributed by atoms with Gasteiger partial charge in [-0.15, -0.1) is 0 Å². The molecule has 0 saturated heterocycles. The summed E-state index contributed by atoms with van der Waals surface area (Å²) < 4.78 is 0. The second kappa shape index (κ2) is 10.4. The fraction of sp³-hybridized carbons (Fsp3) is 0.333. The van der Waals surface area contributed by atoms with E-state index >= 15 is 0 Å². The van der Waals surface area contributed by atoms with E-state index in [4.69, 9.17) is 5.11 Å². The van der Waals surface area contributed by atoms with E-state index in [2.05, 4.69) is 5.32 Å². The van der Waals surface area contributed by atoms with Crippen LogP contribution in [0.15, 0.2) is 60.7 Å². The maximum absolute atomic E-state index is 12.3. The van der Waals surface area contributed by atoms with Gasteiger partial charge in [0.15, 0.2) is 0 Å². The van der Waals surface area contributed by atoms with Gasteiger partial charge in [-0.25, -0.2) is 0 Å². The molecule has 0 bridgehead atoms. The van der Waals surface area contributed by atoms with Crippen LogP contribution in [0.5, 0.6) is 0 Å². The molecule has 0 saturated carbocycles. The van der Waals surface area contributed by atoms with Crippen molar-refractivity contribution >= 4 is 11.9 Å². The SMILES string of the molecule is O=C(O)CCC(Cc1ccccc1)NC(=O)CC(O)Cc1ccccc1. The molecule has 5 nitrogen and oxygen atoms in total. The van der Waals surface area contributed by atoms with Crippen molar-refractivity contribution in [2.45, 2.75) is 44.2 Å². The molecule has 0 aliphatic carbocycles. The Balaban J connectivity index is 1.88. The Labute approximate surface area is 153 Å². The number of hydrogen-bond acceptors (Lipinski definition) is 3. The van der Waals surface area contributed by atoms with Gasteiger partial charge in [0, 0.05) is 12.5 Å². The van der Waals surface area contributed by atoms with Crippen molar-refractivity contribution in [1.29, 1.82) is 0 Å². The number of aliphatic hydroxyl groups is 1. The number of aliphatic hydroxyl groups excluding tert-OH is 1. The Hall–Kier alpha value is -2.66. The molecule has 138 valence electrons. The van der Waals surface area contributed by atoms with Crippen LogP contribution in [0, 0.1) is 0 Å². The molecule has 3 N–H and O–H groups in total. The Morgan fingerprint density at radius 3 is 1.96 bits per heavy atom. The summed E-state index contributed by atoms with van der Waals surface area (Å²) in [5, 5.41) is 21.9. The van der Waals surface area contributed by atoms with Crippen LogP contribution in [0.3, 0.4) is 0 Å². The second-order valence-corrected chi connectivity index (χ2v) is 6.43. The lowest BCUT2D eigenvalue weighted by molar-refractivity contribution is -0.137. The van der Waals surface area contributed by atoms with E-state index in [-0.39, 0.29) is 24.8 Å². The highest BCUT2D eigenvalue weighted by Crippen LogP contribution is 2.10. The maximum Gasteiger partial charge on any atom is 0.303 e. The minimum atomic E-state index is -0.888. The average molecular weight is 355 g/mol. The molecule has 0 aliphatic heterocycles. The number of carboxylic acids is 1. The highest BCUT2D eigenvalue weighted by molar-refractivity contribution is 5.77. The molecule has 26 heavy (non-hydrogen) atoms. The second-order valence-electron chi connectivity index (χ2n) is 6.43. The van der Waals surface area contributed by atoms with E-state index < -0.39 is 12.1 Å². The highest BCUT2D eigenvalue weighted by Gasteiger charge is 2.17. The first-order chi connectivity index (χ1) is 12.5. The van der Waals surface area contributed by atoms with Gasteiger partial charge in [-0.05, 0) is 30.4 Å². The van der Waals surface area contributed by atoms with Gasteiger partial charge >= 0.3 is 5.97 Å². The van der Waals surface area contributed by atoms with Crippen LogP contribution in [0.25, 0.3) is 0 Å². The standard InChI is InChI=1S/C21H25NO4/c23-19(14-17-9-5-2-6-10-17)15-20(24)22-18(11-12-21(25)26)13-16-7-3-1-4-8-16/h1-10,18-19,23H,11-15H2,(H,22,24)(H,25,26). The van der Waals surface area contributed by atoms with Gasteiger partial charge in [0.2, 0.25) is 5.91 Å². The van der Waals surface area contributed by atoms with Crippen LogP contribution in [0.2, 0.25) is 0 Å². The number of carbonyl (C=O) groups excluding carboxylic acids is 1. The molecule has 2 atom stereocenters. The predicted molar refractivity (Wildman–Crippen MR) is 99.7 cm³/mol. The number of amides is 1. The largest absolute Gasteiger partial charge is 0.481 e. The normalized spacial score (nSPS) is 13.0. The molecule has 2 rings (SSSR count). The van der Waals surface area contributed by atoms with Crippen molar-refractivity contribution in [3.63, 3.8) is 0 Å². The summed E-state index contributed by atoms with van der Waals surface area (Å²) in [6.45, 7) is 0. The Morgan fingerprint density at radius 2 is 1.42 bits per heavy atom. The maximum atomic E-state index is 12.3. The van der Waals surface area contributed by atoms with Gasteiger partial charge in [-0.1, -0.05) is 60.7 Å². The molecule has 0 aliphatic rings. The lowest BCUT2D eigenvalue weighted by atomic mass is 10.0. The third kappa shape index (κ3) is 7.49. The number of aliphatic carboxylic acids is 1. The summed E-state index contributed by atoms with van der Waals surface area (Å²) in [5.41, 5.74) is 2.01. The summed E-state index contributed by atoms with van der Waals surface area (Å²) in [7, 11) is 0. The number of carbonyl (C=O) groups is 2. The number of carboxylic acid groups (broad SMARTS) is 1. The topological polar surface area (TPSA) is 86.6 Å². The zero-order valence-corrected chi connectivity index (χ0v) is 14.7. The molecule has 0 fully saturated rings. The molecule has 5 heteroatoms. The van der Waals surface area contributed by atoms with Gasteiger partial charge in [0.25, 0.3) is 0 Å². The summed E-state index contributed by atoms with van der Waals surface area (Å²) in [6, 6.07) is 18.9. The van der Waals surface area contributed by atoms with Crippen LogP contribution >= 0.6 is 0 Å². The van der Waals surface area contributed by atoms with Crippen molar-refractivity contribution < 1.29 is 19.8 Å².